The number of hydrogen-bond donors (Lipinski definition) is 0. The third-order valence-corrected chi connectivity index (χ3v) is 5.13. The first kappa shape index (κ1) is 14.8. The van der Waals surface area contributed by atoms with Gasteiger partial charge in [-0.05, 0) is 37.0 Å². The second-order valence-electron chi connectivity index (χ2n) is 5.20. The molecule has 19 heavy (non-hydrogen) atoms. The fourth-order valence-corrected chi connectivity index (χ4v) is 3.81. The third-order valence-electron chi connectivity index (χ3n) is 4.04. The molecular weight excluding hydrogens is 257 g/mol. The van der Waals surface area contributed by atoms with Crippen LogP contribution in [0.3, 0.4) is 0 Å². The van der Waals surface area contributed by atoms with Gasteiger partial charge >= 0.3 is 0 Å². The molecule has 0 bridgehead atoms. The van der Waals surface area contributed by atoms with Crippen LogP contribution < -0.4 is 0 Å². The first-order valence-corrected chi connectivity index (χ1v) is 8.74. The molecule has 0 saturated heterocycles. The van der Waals surface area contributed by atoms with Gasteiger partial charge in [0, 0.05) is 19.5 Å². The fraction of sp³-hybridized carbons (Fsp3) is 0.800. The molecule has 3 nitrogen and oxygen atoms in total. The summed E-state index contributed by atoms with van der Waals surface area (Å²) >= 11 is 0. The van der Waals surface area contributed by atoms with Crippen LogP contribution in [0.5, 0.6) is 0 Å². The van der Waals surface area contributed by atoms with Crippen molar-refractivity contribution in [2.75, 3.05) is 26.4 Å². The Kier molecular flexibility index (Phi) is 6.12. The summed E-state index contributed by atoms with van der Waals surface area (Å²) in [6, 6.07) is 0. The average Bonchev–Trinajstić information content (AvgIpc) is 2.99. The minimum atomic E-state index is -0.795. The van der Waals surface area contributed by atoms with Crippen LogP contribution in [-0.4, -0.2) is 26.4 Å². The van der Waals surface area contributed by atoms with Crippen molar-refractivity contribution in [2.45, 2.75) is 32.1 Å². The van der Waals surface area contributed by atoms with Crippen molar-refractivity contribution >= 4 is 8.38 Å². The van der Waals surface area contributed by atoms with E-state index in [0.29, 0.717) is 13.2 Å². The fourth-order valence-electron chi connectivity index (χ4n) is 3.03. The van der Waals surface area contributed by atoms with Crippen LogP contribution in [0, 0.1) is 36.2 Å². The van der Waals surface area contributed by atoms with Gasteiger partial charge in [-0.3, -0.25) is 0 Å². The molecule has 0 spiro atoms. The number of rotatable bonds is 7. The van der Waals surface area contributed by atoms with Crippen molar-refractivity contribution in [3.63, 3.8) is 0 Å². The van der Waals surface area contributed by atoms with Crippen molar-refractivity contribution in [2.24, 2.45) is 17.8 Å². The molecule has 1 saturated carbocycles. The largest absolute Gasteiger partial charge is 0.334 e. The van der Waals surface area contributed by atoms with Gasteiger partial charge in [0.05, 0.1) is 6.61 Å². The van der Waals surface area contributed by atoms with E-state index in [-0.39, 0.29) is 0 Å². The lowest BCUT2D eigenvalue weighted by Gasteiger charge is -2.11. The molecule has 2 aliphatic rings. The van der Waals surface area contributed by atoms with Gasteiger partial charge in [-0.1, -0.05) is 0 Å². The van der Waals surface area contributed by atoms with Gasteiger partial charge in [-0.15, -0.1) is 11.8 Å². The molecule has 4 heteroatoms. The molecule has 0 aromatic carbocycles. The summed E-state index contributed by atoms with van der Waals surface area (Å²) < 4.78 is 11.2. The molecule has 2 rings (SSSR count). The van der Waals surface area contributed by atoms with Crippen LogP contribution in [-0.2, 0) is 9.05 Å². The SMILES string of the molecule is [C-]#[N+]CCOP(C)OCCC1[C@H]2CCC#CCC[C@@H]12. The van der Waals surface area contributed by atoms with Gasteiger partial charge in [0.25, 0.3) is 0 Å². The minimum absolute atomic E-state index is 0.433. The molecule has 0 aromatic rings. The maximum atomic E-state index is 6.68. The monoisotopic (exact) mass is 279 g/mol. The summed E-state index contributed by atoms with van der Waals surface area (Å²) in [5.41, 5.74) is 0. The molecular formula is C15H22NO2P. The summed E-state index contributed by atoms with van der Waals surface area (Å²) in [5.74, 6) is 9.16. The van der Waals surface area contributed by atoms with Crippen LogP contribution in [0.15, 0.2) is 0 Å². The number of hydrogen-bond acceptors (Lipinski definition) is 2. The van der Waals surface area contributed by atoms with Gasteiger partial charge in [-0.2, -0.15) is 0 Å². The van der Waals surface area contributed by atoms with Crippen LogP contribution in [0.25, 0.3) is 4.85 Å². The highest BCUT2D eigenvalue weighted by Crippen LogP contribution is 2.54. The Balaban J connectivity index is 1.56. The van der Waals surface area contributed by atoms with Gasteiger partial charge in [0.2, 0.25) is 6.54 Å². The third kappa shape index (κ3) is 4.77. The second-order valence-corrected chi connectivity index (χ2v) is 6.59. The van der Waals surface area contributed by atoms with Crippen LogP contribution >= 0.6 is 8.38 Å². The minimum Gasteiger partial charge on any atom is -0.334 e. The Labute approximate surface area is 117 Å². The molecule has 2 unspecified atom stereocenters. The maximum Gasteiger partial charge on any atom is 0.238 e. The van der Waals surface area contributed by atoms with Crippen LogP contribution in [0.1, 0.15) is 32.1 Å². The standard InChI is InChI=1S/C15H22NO2P/c1-16-10-12-18-19(2)17-11-9-15-13-7-5-3-4-6-8-14(13)15/h13-15H,5-12H2,2H3/t13-,14+,15?,19?. The zero-order valence-electron chi connectivity index (χ0n) is 11.6. The van der Waals surface area contributed by atoms with Gasteiger partial charge in [0.15, 0.2) is 8.38 Å². The van der Waals surface area contributed by atoms with Gasteiger partial charge in [0.1, 0.15) is 6.61 Å². The summed E-state index contributed by atoms with van der Waals surface area (Å²) in [7, 11) is -0.795. The summed E-state index contributed by atoms with van der Waals surface area (Å²) in [4.78, 5) is 3.26. The highest BCUT2D eigenvalue weighted by atomic mass is 31.2. The van der Waals surface area contributed by atoms with Gasteiger partial charge in [-0.25, -0.2) is 6.57 Å². The molecule has 1 fully saturated rings. The van der Waals surface area contributed by atoms with Gasteiger partial charge < -0.3 is 13.9 Å². The number of nitrogens with zero attached hydrogens (tertiary/aromatic N) is 1. The highest BCUT2D eigenvalue weighted by molar-refractivity contribution is 7.46. The lowest BCUT2D eigenvalue weighted by molar-refractivity contribution is 0.251. The average molecular weight is 279 g/mol. The lowest BCUT2D eigenvalue weighted by atomic mass is 10.1. The molecule has 4 atom stereocenters. The first-order chi connectivity index (χ1) is 9.33. The van der Waals surface area contributed by atoms with Crippen molar-refractivity contribution < 1.29 is 9.05 Å². The van der Waals surface area contributed by atoms with E-state index < -0.39 is 8.38 Å². The molecule has 0 radical (unpaired) electrons. The normalized spacial score (nSPS) is 30.0. The van der Waals surface area contributed by atoms with Crippen molar-refractivity contribution in [3.05, 3.63) is 11.4 Å². The highest BCUT2D eigenvalue weighted by Gasteiger charge is 2.47. The first-order valence-electron chi connectivity index (χ1n) is 7.11. The van der Waals surface area contributed by atoms with Crippen molar-refractivity contribution in [1.29, 1.82) is 0 Å². The van der Waals surface area contributed by atoms with E-state index in [2.05, 4.69) is 16.7 Å². The topological polar surface area (TPSA) is 22.8 Å². The molecule has 2 aliphatic carbocycles. The molecule has 0 aliphatic heterocycles. The molecule has 0 aromatic heterocycles. The smallest absolute Gasteiger partial charge is 0.238 e. The lowest BCUT2D eigenvalue weighted by Crippen LogP contribution is -1.97. The Morgan fingerprint density at radius 3 is 2.42 bits per heavy atom. The molecule has 0 heterocycles. The summed E-state index contributed by atoms with van der Waals surface area (Å²) in [5, 5.41) is 0. The van der Waals surface area contributed by atoms with Crippen molar-refractivity contribution in [1.82, 2.24) is 0 Å². The van der Waals surface area contributed by atoms with E-state index in [9.17, 15) is 0 Å². The van der Waals surface area contributed by atoms with E-state index >= 15 is 0 Å². The Bertz CT molecular complexity index is 364. The van der Waals surface area contributed by atoms with E-state index in [1.54, 1.807) is 0 Å². The van der Waals surface area contributed by atoms with E-state index in [1.807, 2.05) is 6.66 Å². The van der Waals surface area contributed by atoms with E-state index in [1.165, 1.54) is 12.8 Å². The molecule has 104 valence electrons. The zero-order chi connectivity index (χ0) is 13.5. The van der Waals surface area contributed by atoms with Crippen LogP contribution in [0.2, 0.25) is 0 Å². The quantitative estimate of drug-likeness (QED) is 0.307. The zero-order valence-corrected chi connectivity index (χ0v) is 12.5. The summed E-state index contributed by atoms with van der Waals surface area (Å²) in [6.45, 7) is 10.4. The van der Waals surface area contributed by atoms with Crippen molar-refractivity contribution in [3.8, 4) is 11.8 Å². The molecule has 0 N–H and O–H groups in total. The predicted octanol–water partition coefficient (Wildman–Crippen LogP) is 3.71. The van der Waals surface area contributed by atoms with E-state index in [0.717, 1.165) is 43.6 Å². The van der Waals surface area contributed by atoms with E-state index in [4.69, 9.17) is 15.6 Å². The molecule has 0 amide bonds. The summed E-state index contributed by atoms with van der Waals surface area (Å²) in [6.07, 6.45) is 5.89. The Morgan fingerprint density at radius 1 is 1.16 bits per heavy atom. The Morgan fingerprint density at radius 2 is 1.79 bits per heavy atom. The second kappa shape index (κ2) is 7.86. The Hall–Kier alpha value is -0.600. The number of fused-ring (bicyclic) bond motifs is 1. The van der Waals surface area contributed by atoms with Crippen LogP contribution in [0.4, 0.5) is 0 Å². The predicted molar refractivity (Wildman–Crippen MR) is 77.5 cm³/mol. The maximum absolute atomic E-state index is 6.68.